The monoisotopic (exact) mass is 389 g/mol. The summed E-state index contributed by atoms with van der Waals surface area (Å²) >= 11 is 0. The van der Waals surface area contributed by atoms with Gasteiger partial charge in [0, 0.05) is 37.4 Å². The average Bonchev–Trinajstić information content (AvgIpc) is 3.56. The van der Waals surface area contributed by atoms with Crippen LogP contribution in [0, 0.1) is 11.6 Å². The first kappa shape index (κ1) is 17.6. The molecule has 2 aromatic rings. The lowest BCUT2D eigenvalue weighted by molar-refractivity contribution is 0.0695. The van der Waals surface area contributed by atoms with Gasteiger partial charge in [-0.05, 0) is 38.2 Å². The van der Waals surface area contributed by atoms with Gasteiger partial charge in [-0.15, -0.1) is 0 Å². The second-order valence-corrected chi connectivity index (χ2v) is 8.11. The molecule has 2 heterocycles. The third kappa shape index (κ3) is 2.87. The van der Waals surface area contributed by atoms with Crippen LogP contribution in [0.1, 0.15) is 48.5 Å². The SMILES string of the molecule is O=C(O)c1cn(C2CC2)c2c(F)c(N3CCC(NC4CC4)C3)c(F)cc2c1=O. The van der Waals surface area contributed by atoms with Crippen LogP contribution >= 0.6 is 0 Å². The highest BCUT2D eigenvalue weighted by Crippen LogP contribution is 2.40. The molecule has 1 aromatic carbocycles. The third-order valence-corrected chi connectivity index (χ3v) is 5.91. The van der Waals surface area contributed by atoms with Crippen molar-refractivity contribution < 1.29 is 18.7 Å². The Kier molecular flexibility index (Phi) is 3.94. The molecule has 6 nitrogen and oxygen atoms in total. The Labute approximate surface area is 159 Å². The molecule has 28 heavy (non-hydrogen) atoms. The van der Waals surface area contributed by atoms with Crippen LogP contribution in [-0.4, -0.2) is 40.8 Å². The summed E-state index contributed by atoms with van der Waals surface area (Å²) in [4.78, 5) is 25.6. The summed E-state index contributed by atoms with van der Waals surface area (Å²) in [7, 11) is 0. The van der Waals surface area contributed by atoms with Gasteiger partial charge in [-0.2, -0.15) is 0 Å². The number of hydrogen-bond donors (Lipinski definition) is 2. The van der Waals surface area contributed by atoms with Crippen molar-refractivity contribution in [1.82, 2.24) is 9.88 Å². The fourth-order valence-electron chi connectivity index (χ4n) is 4.20. The van der Waals surface area contributed by atoms with Gasteiger partial charge in [0.05, 0.1) is 10.9 Å². The van der Waals surface area contributed by atoms with E-state index in [1.54, 1.807) is 4.90 Å². The summed E-state index contributed by atoms with van der Waals surface area (Å²) in [6.07, 6.45) is 5.86. The van der Waals surface area contributed by atoms with E-state index in [0.717, 1.165) is 38.2 Å². The van der Waals surface area contributed by atoms with Gasteiger partial charge in [0.1, 0.15) is 17.1 Å². The lowest BCUT2D eigenvalue weighted by Crippen LogP contribution is -2.34. The van der Waals surface area contributed by atoms with E-state index < -0.39 is 28.6 Å². The predicted octanol–water partition coefficient (Wildman–Crippen LogP) is 2.64. The molecule has 2 aliphatic carbocycles. The van der Waals surface area contributed by atoms with Crippen LogP contribution in [0.2, 0.25) is 0 Å². The normalized spacial score (nSPS) is 22.2. The summed E-state index contributed by atoms with van der Waals surface area (Å²) < 4.78 is 31.9. The standard InChI is InChI=1S/C20H21F2N3O3/c21-15-7-13-17(25(12-3-4-12)9-14(19(13)26)20(27)28)16(22)18(15)24-6-5-11(8-24)23-10-1-2-10/h7,9-12,23H,1-6,8H2,(H,27,28). The molecular formula is C20H21F2N3O3. The van der Waals surface area contributed by atoms with Crippen molar-refractivity contribution in [1.29, 1.82) is 0 Å². The van der Waals surface area contributed by atoms with Crippen LogP contribution in [-0.2, 0) is 0 Å². The van der Waals surface area contributed by atoms with Crippen molar-refractivity contribution in [2.75, 3.05) is 18.0 Å². The first-order chi connectivity index (χ1) is 13.4. The molecule has 1 unspecified atom stereocenters. The fourth-order valence-corrected chi connectivity index (χ4v) is 4.20. The Bertz CT molecular complexity index is 1040. The van der Waals surface area contributed by atoms with E-state index in [9.17, 15) is 19.1 Å². The molecule has 1 saturated heterocycles. The molecule has 2 N–H and O–H groups in total. The summed E-state index contributed by atoms with van der Waals surface area (Å²) in [6, 6.07) is 1.66. The van der Waals surface area contributed by atoms with Gasteiger partial charge in [-0.1, -0.05) is 0 Å². The number of aromatic nitrogens is 1. The number of pyridine rings is 1. The number of carbonyl (C=O) groups is 1. The molecule has 1 aliphatic heterocycles. The molecule has 5 rings (SSSR count). The number of hydrogen-bond acceptors (Lipinski definition) is 4. The number of nitrogens with zero attached hydrogens (tertiary/aromatic N) is 2. The van der Waals surface area contributed by atoms with Crippen LogP contribution in [0.5, 0.6) is 0 Å². The topological polar surface area (TPSA) is 74.6 Å². The van der Waals surface area contributed by atoms with Crippen LogP contribution in [0.15, 0.2) is 17.1 Å². The molecule has 1 atom stereocenters. The molecule has 0 amide bonds. The van der Waals surface area contributed by atoms with Crippen molar-refractivity contribution in [3.63, 3.8) is 0 Å². The molecule has 0 spiro atoms. The van der Waals surface area contributed by atoms with Crippen molar-refractivity contribution in [2.24, 2.45) is 0 Å². The maximum atomic E-state index is 15.5. The van der Waals surface area contributed by atoms with E-state index in [1.807, 2.05) is 0 Å². The molecule has 148 valence electrons. The number of carboxylic acids is 1. The lowest BCUT2D eigenvalue weighted by atomic mass is 10.1. The van der Waals surface area contributed by atoms with Gasteiger partial charge in [0.15, 0.2) is 5.82 Å². The van der Waals surface area contributed by atoms with Crippen LogP contribution in [0.3, 0.4) is 0 Å². The Hall–Kier alpha value is -2.48. The minimum atomic E-state index is -1.39. The maximum Gasteiger partial charge on any atom is 0.341 e. The summed E-state index contributed by atoms with van der Waals surface area (Å²) in [5, 5.41) is 12.6. The van der Waals surface area contributed by atoms with Crippen molar-refractivity contribution in [3.8, 4) is 0 Å². The Morgan fingerprint density at radius 2 is 1.89 bits per heavy atom. The fraction of sp³-hybridized carbons (Fsp3) is 0.500. The number of halogens is 2. The van der Waals surface area contributed by atoms with Crippen LogP contribution in [0.25, 0.3) is 10.9 Å². The van der Waals surface area contributed by atoms with E-state index in [0.29, 0.717) is 19.1 Å². The highest BCUT2D eigenvalue weighted by atomic mass is 19.1. The molecule has 3 aliphatic rings. The summed E-state index contributed by atoms with van der Waals surface area (Å²) in [5.74, 6) is -2.98. The first-order valence-electron chi connectivity index (χ1n) is 9.75. The number of carboxylic acid groups (broad SMARTS) is 1. The second kappa shape index (κ2) is 6.27. The van der Waals surface area contributed by atoms with Gasteiger partial charge < -0.3 is 19.9 Å². The van der Waals surface area contributed by atoms with Crippen LogP contribution in [0.4, 0.5) is 14.5 Å². The Morgan fingerprint density at radius 1 is 1.14 bits per heavy atom. The first-order valence-corrected chi connectivity index (χ1v) is 9.75. The molecule has 2 saturated carbocycles. The number of aromatic carboxylic acids is 1. The lowest BCUT2D eigenvalue weighted by Gasteiger charge is -2.22. The summed E-state index contributed by atoms with van der Waals surface area (Å²) in [5.41, 5.74) is -1.42. The smallest absolute Gasteiger partial charge is 0.341 e. The minimum absolute atomic E-state index is 0.00695. The largest absolute Gasteiger partial charge is 0.477 e. The number of benzene rings is 1. The number of anilines is 1. The highest BCUT2D eigenvalue weighted by Gasteiger charge is 2.34. The van der Waals surface area contributed by atoms with Gasteiger partial charge >= 0.3 is 5.97 Å². The van der Waals surface area contributed by atoms with E-state index in [2.05, 4.69) is 5.32 Å². The molecule has 8 heteroatoms. The molecular weight excluding hydrogens is 368 g/mol. The molecule has 0 radical (unpaired) electrons. The van der Waals surface area contributed by atoms with Crippen molar-refractivity contribution >= 4 is 22.6 Å². The molecule has 3 fully saturated rings. The van der Waals surface area contributed by atoms with E-state index in [4.69, 9.17) is 0 Å². The van der Waals surface area contributed by atoms with Gasteiger partial charge in [0.2, 0.25) is 5.43 Å². The highest BCUT2D eigenvalue weighted by molar-refractivity contribution is 5.94. The Morgan fingerprint density at radius 3 is 2.54 bits per heavy atom. The Balaban J connectivity index is 1.63. The maximum absolute atomic E-state index is 15.5. The average molecular weight is 389 g/mol. The number of fused-ring (bicyclic) bond motifs is 1. The van der Waals surface area contributed by atoms with E-state index in [-0.39, 0.29) is 28.7 Å². The summed E-state index contributed by atoms with van der Waals surface area (Å²) in [6.45, 7) is 1.04. The minimum Gasteiger partial charge on any atom is -0.477 e. The predicted molar refractivity (Wildman–Crippen MR) is 100 cm³/mol. The van der Waals surface area contributed by atoms with Gasteiger partial charge in [-0.25, -0.2) is 13.6 Å². The van der Waals surface area contributed by atoms with Crippen molar-refractivity contribution in [3.05, 3.63) is 39.7 Å². The second-order valence-electron chi connectivity index (χ2n) is 8.11. The third-order valence-electron chi connectivity index (χ3n) is 5.91. The zero-order valence-corrected chi connectivity index (χ0v) is 15.3. The number of rotatable bonds is 5. The molecule has 1 aromatic heterocycles. The number of nitrogens with one attached hydrogen (secondary N) is 1. The van der Waals surface area contributed by atoms with Gasteiger partial charge in [0.25, 0.3) is 0 Å². The van der Waals surface area contributed by atoms with Crippen LogP contribution < -0.4 is 15.6 Å². The van der Waals surface area contributed by atoms with Crippen molar-refractivity contribution in [2.45, 2.75) is 50.2 Å². The van der Waals surface area contributed by atoms with E-state index >= 15 is 4.39 Å². The van der Waals surface area contributed by atoms with E-state index in [1.165, 1.54) is 10.8 Å². The zero-order chi connectivity index (χ0) is 19.6. The molecule has 0 bridgehead atoms. The zero-order valence-electron chi connectivity index (χ0n) is 15.3. The quantitative estimate of drug-likeness (QED) is 0.823. The van der Waals surface area contributed by atoms with Gasteiger partial charge in [-0.3, -0.25) is 4.79 Å².